The third-order valence-corrected chi connectivity index (χ3v) is 6.25. The number of aromatic nitrogens is 4. The van der Waals surface area contributed by atoms with Crippen LogP contribution in [0.4, 0.5) is 15.9 Å². The van der Waals surface area contributed by atoms with Crippen molar-refractivity contribution in [3.05, 3.63) is 72.0 Å². The van der Waals surface area contributed by atoms with Gasteiger partial charge >= 0.3 is 5.97 Å². The number of nitrogens with one attached hydrogen (secondary N) is 1. The molecule has 184 valence electrons. The van der Waals surface area contributed by atoms with Gasteiger partial charge in [-0.2, -0.15) is 4.52 Å². The summed E-state index contributed by atoms with van der Waals surface area (Å²) in [6.07, 6.45) is 0. The minimum absolute atomic E-state index is 0.305. The van der Waals surface area contributed by atoms with Crippen molar-refractivity contribution in [1.82, 2.24) is 24.7 Å². The van der Waals surface area contributed by atoms with Crippen LogP contribution >= 0.6 is 12.2 Å². The van der Waals surface area contributed by atoms with E-state index in [1.165, 1.54) is 12.1 Å². The zero-order valence-electron chi connectivity index (χ0n) is 19.6. The van der Waals surface area contributed by atoms with Crippen molar-refractivity contribution in [3.8, 4) is 11.4 Å². The third kappa shape index (κ3) is 4.96. The van der Waals surface area contributed by atoms with Crippen molar-refractivity contribution in [2.75, 3.05) is 43.0 Å². The quantitative estimate of drug-likeness (QED) is 0.323. The number of hydrogen-bond acceptors (Lipinski definition) is 7. The number of hydrogen-bond donors (Lipinski definition) is 1. The molecule has 1 aliphatic rings. The Morgan fingerprint density at radius 2 is 1.72 bits per heavy atom. The number of piperazine rings is 1. The van der Waals surface area contributed by atoms with Crippen molar-refractivity contribution >= 4 is 40.5 Å². The average Bonchev–Trinajstić information content (AvgIpc) is 3.33. The highest BCUT2D eigenvalue weighted by Crippen LogP contribution is 2.21. The van der Waals surface area contributed by atoms with Crippen LogP contribution in [0.5, 0.6) is 0 Å². The summed E-state index contributed by atoms with van der Waals surface area (Å²) in [7, 11) is 0. The van der Waals surface area contributed by atoms with Crippen molar-refractivity contribution < 1.29 is 13.9 Å². The number of nitrogens with zero attached hydrogens (tertiary/aromatic N) is 6. The normalized spacial score (nSPS) is 13.6. The number of benzene rings is 2. The molecular formula is C25H24FN7O2S. The lowest BCUT2D eigenvalue weighted by Gasteiger charge is -2.36. The van der Waals surface area contributed by atoms with E-state index in [0.717, 1.165) is 43.2 Å². The highest BCUT2D eigenvalue weighted by Gasteiger charge is 2.21. The van der Waals surface area contributed by atoms with Gasteiger partial charge in [-0.25, -0.2) is 9.18 Å². The molecule has 1 N–H and O–H groups in total. The molecule has 36 heavy (non-hydrogen) atoms. The molecule has 0 unspecified atom stereocenters. The molecule has 0 amide bonds. The zero-order valence-corrected chi connectivity index (χ0v) is 20.4. The van der Waals surface area contributed by atoms with Crippen LogP contribution in [-0.2, 0) is 4.74 Å². The van der Waals surface area contributed by atoms with Crippen LogP contribution in [0.25, 0.3) is 17.0 Å². The van der Waals surface area contributed by atoms with Crippen LogP contribution in [0.15, 0.2) is 60.7 Å². The number of anilines is 2. The van der Waals surface area contributed by atoms with Gasteiger partial charge in [0, 0.05) is 37.4 Å². The number of carbonyl (C=O) groups excluding carboxylic acids is 1. The van der Waals surface area contributed by atoms with Crippen molar-refractivity contribution in [1.29, 1.82) is 0 Å². The summed E-state index contributed by atoms with van der Waals surface area (Å²) in [6.45, 7) is 5.03. The van der Waals surface area contributed by atoms with Gasteiger partial charge in [-0.15, -0.1) is 15.3 Å². The fraction of sp³-hybridized carbons (Fsp3) is 0.240. The SMILES string of the molecule is CCOC(=O)c1ccc(NC(=S)N2CCN(c3ccc4nnc(-c5ccc(F)cc5)n4n3)CC2)cc1. The molecule has 0 bridgehead atoms. The second-order valence-electron chi connectivity index (χ2n) is 8.19. The van der Waals surface area contributed by atoms with Crippen molar-refractivity contribution in [3.63, 3.8) is 0 Å². The smallest absolute Gasteiger partial charge is 0.338 e. The molecule has 0 aliphatic carbocycles. The van der Waals surface area contributed by atoms with Crippen LogP contribution in [0.3, 0.4) is 0 Å². The molecule has 2 aromatic heterocycles. The molecule has 0 spiro atoms. The highest BCUT2D eigenvalue weighted by atomic mass is 32.1. The number of rotatable bonds is 5. The molecular weight excluding hydrogens is 481 g/mol. The predicted octanol–water partition coefficient (Wildman–Crippen LogP) is 3.63. The summed E-state index contributed by atoms with van der Waals surface area (Å²) in [6, 6.07) is 17.0. The molecule has 0 atom stereocenters. The standard InChI is InChI=1S/C25H24FN7O2S/c1-2-35-24(34)18-5-9-20(10-6-18)27-25(36)32-15-13-31(14-16-32)22-12-11-21-28-29-23(33(21)30-22)17-3-7-19(26)8-4-17/h3-12H,2,13-16H2,1H3,(H,27,36). The van der Waals surface area contributed by atoms with Crippen LogP contribution in [-0.4, -0.2) is 68.6 Å². The summed E-state index contributed by atoms with van der Waals surface area (Å²) < 4.78 is 20.0. The lowest BCUT2D eigenvalue weighted by Crippen LogP contribution is -2.50. The number of ether oxygens (including phenoxy) is 1. The summed E-state index contributed by atoms with van der Waals surface area (Å²) in [5, 5.41) is 17.0. The molecule has 0 radical (unpaired) electrons. The number of esters is 1. The lowest BCUT2D eigenvalue weighted by atomic mass is 10.2. The Morgan fingerprint density at radius 3 is 2.42 bits per heavy atom. The maximum absolute atomic E-state index is 13.3. The second kappa shape index (κ2) is 10.2. The fourth-order valence-electron chi connectivity index (χ4n) is 3.97. The number of halogens is 1. The zero-order chi connectivity index (χ0) is 25.1. The van der Waals surface area contributed by atoms with E-state index in [0.29, 0.717) is 28.8 Å². The van der Waals surface area contributed by atoms with Gasteiger partial charge in [0.15, 0.2) is 16.6 Å². The molecule has 1 fully saturated rings. The molecule has 0 saturated carbocycles. The minimum Gasteiger partial charge on any atom is -0.462 e. The predicted molar refractivity (Wildman–Crippen MR) is 139 cm³/mol. The van der Waals surface area contributed by atoms with Crippen LogP contribution in [0.1, 0.15) is 17.3 Å². The monoisotopic (exact) mass is 505 g/mol. The first-order chi connectivity index (χ1) is 17.5. The van der Waals surface area contributed by atoms with Gasteiger partial charge in [0.25, 0.3) is 0 Å². The van der Waals surface area contributed by atoms with E-state index >= 15 is 0 Å². The van der Waals surface area contributed by atoms with Gasteiger partial charge in [0.2, 0.25) is 0 Å². The number of thiocarbonyl (C=S) groups is 1. The van der Waals surface area contributed by atoms with Gasteiger partial charge in [-0.05, 0) is 79.8 Å². The Kier molecular flexibility index (Phi) is 6.72. The van der Waals surface area contributed by atoms with Gasteiger partial charge in [-0.1, -0.05) is 0 Å². The Bertz CT molecular complexity index is 1380. The first-order valence-electron chi connectivity index (χ1n) is 11.6. The minimum atomic E-state index is -0.342. The Morgan fingerprint density at radius 1 is 1.00 bits per heavy atom. The summed E-state index contributed by atoms with van der Waals surface area (Å²) in [5.41, 5.74) is 2.67. The van der Waals surface area contributed by atoms with E-state index in [2.05, 4.69) is 25.3 Å². The molecule has 1 saturated heterocycles. The van der Waals surface area contributed by atoms with Crippen LogP contribution in [0, 0.1) is 5.82 Å². The first-order valence-corrected chi connectivity index (χ1v) is 12.0. The van der Waals surface area contributed by atoms with Gasteiger partial charge < -0.3 is 19.9 Å². The van der Waals surface area contributed by atoms with E-state index in [4.69, 9.17) is 22.1 Å². The van der Waals surface area contributed by atoms with E-state index in [1.54, 1.807) is 35.7 Å². The number of fused-ring (bicyclic) bond motifs is 1. The van der Waals surface area contributed by atoms with Crippen LogP contribution < -0.4 is 10.2 Å². The van der Waals surface area contributed by atoms with Crippen molar-refractivity contribution in [2.24, 2.45) is 0 Å². The molecule has 9 nitrogen and oxygen atoms in total. The lowest BCUT2D eigenvalue weighted by molar-refractivity contribution is 0.0526. The highest BCUT2D eigenvalue weighted by molar-refractivity contribution is 7.80. The first kappa shape index (κ1) is 23.6. The van der Waals surface area contributed by atoms with Gasteiger partial charge in [0.1, 0.15) is 11.6 Å². The molecule has 11 heteroatoms. The molecule has 5 rings (SSSR count). The molecule has 2 aromatic carbocycles. The average molecular weight is 506 g/mol. The maximum atomic E-state index is 13.3. The third-order valence-electron chi connectivity index (χ3n) is 5.89. The molecule has 4 aromatic rings. The Labute approximate surface area is 212 Å². The van der Waals surface area contributed by atoms with Crippen molar-refractivity contribution in [2.45, 2.75) is 6.92 Å². The maximum Gasteiger partial charge on any atom is 0.338 e. The Balaban J connectivity index is 1.22. The Hall–Kier alpha value is -4.12. The topological polar surface area (TPSA) is 87.9 Å². The van der Waals surface area contributed by atoms with E-state index in [1.807, 2.05) is 24.3 Å². The molecule has 1 aliphatic heterocycles. The second-order valence-corrected chi connectivity index (χ2v) is 8.58. The van der Waals surface area contributed by atoms with Crippen LogP contribution in [0.2, 0.25) is 0 Å². The van der Waals surface area contributed by atoms with E-state index < -0.39 is 0 Å². The van der Waals surface area contributed by atoms with E-state index in [9.17, 15) is 9.18 Å². The van der Waals surface area contributed by atoms with Gasteiger partial charge in [0.05, 0.1) is 12.2 Å². The van der Waals surface area contributed by atoms with Gasteiger partial charge in [-0.3, -0.25) is 0 Å². The molecule has 3 heterocycles. The summed E-state index contributed by atoms with van der Waals surface area (Å²) in [5.74, 6) is 0.717. The summed E-state index contributed by atoms with van der Waals surface area (Å²) in [4.78, 5) is 16.1. The number of carbonyl (C=O) groups is 1. The summed E-state index contributed by atoms with van der Waals surface area (Å²) >= 11 is 5.61. The largest absolute Gasteiger partial charge is 0.462 e. The van der Waals surface area contributed by atoms with E-state index in [-0.39, 0.29) is 11.8 Å². The fourth-order valence-corrected chi connectivity index (χ4v) is 4.27.